The Morgan fingerprint density at radius 3 is 2.40 bits per heavy atom. The molecule has 1 atom stereocenters. The Morgan fingerprint density at radius 2 is 1.73 bits per heavy atom. The highest BCUT2D eigenvalue weighted by atomic mass is 31.1. The van der Waals surface area contributed by atoms with Gasteiger partial charge >= 0.3 is 8.03 Å². The maximum absolute atomic E-state index is 11.1. The molecular formula is C12H24O2P+. The fraction of sp³-hybridized carbons (Fsp3) is 0.833. The van der Waals surface area contributed by atoms with Crippen LogP contribution in [0.2, 0.25) is 0 Å². The smallest absolute Gasteiger partial charge is 0.143 e. The zero-order valence-corrected chi connectivity index (χ0v) is 11.0. The van der Waals surface area contributed by atoms with Crippen LogP contribution in [0.15, 0.2) is 11.9 Å². The molecule has 0 saturated carbocycles. The second-order valence-electron chi connectivity index (χ2n) is 3.64. The summed E-state index contributed by atoms with van der Waals surface area (Å²) < 4.78 is 16.0. The number of unbranched alkanes of at least 4 members (excludes halogenated alkanes) is 6. The van der Waals surface area contributed by atoms with Crippen LogP contribution in [0.4, 0.5) is 0 Å². The lowest BCUT2D eigenvalue weighted by Gasteiger charge is -1.96. The molecule has 0 bridgehead atoms. The summed E-state index contributed by atoms with van der Waals surface area (Å²) >= 11 is 0. The molecular weight excluding hydrogens is 207 g/mol. The molecule has 0 aromatic heterocycles. The zero-order chi connectivity index (χ0) is 11.4. The fourth-order valence-corrected chi connectivity index (χ4v) is 2.04. The second-order valence-corrected chi connectivity index (χ2v) is 4.77. The Morgan fingerprint density at radius 1 is 1.07 bits per heavy atom. The zero-order valence-electron chi connectivity index (χ0n) is 10.1. The van der Waals surface area contributed by atoms with Crippen molar-refractivity contribution in [1.82, 2.24) is 0 Å². The van der Waals surface area contributed by atoms with Gasteiger partial charge < -0.3 is 0 Å². The van der Waals surface area contributed by atoms with Crippen LogP contribution in [-0.2, 0) is 9.09 Å². The number of hydrogen-bond donors (Lipinski definition) is 0. The number of allylic oxidation sites excluding steroid dienone is 1. The maximum Gasteiger partial charge on any atom is 0.540 e. The summed E-state index contributed by atoms with van der Waals surface area (Å²) in [5, 5.41) is 0. The van der Waals surface area contributed by atoms with Crippen LogP contribution in [0.3, 0.4) is 0 Å². The van der Waals surface area contributed by atoms with Crippen molar-refractivity contribution in [2.75, 3.05) is 6.61 Å². The minimum atomic E-state index is -1.54. The number of hydrogen-bond acceptors (Lipinski definition) is 2. The molecule has 0 N–H and O–H groups in total. The summed E-state index contributed by atoms with van der Waals surface area (Å²) in [7, 11) is -1.54. The Balaban J connectivity index is 3.19. The summed E-state index contributed by atoms with van der Waals surface area (Å²) in [4.78, 5) is 0. The first-order valence-corrected chi connectivity index (χ1v) is 7.31. The molecule has 0 spiro atoms. The lowest BCUT2D eigenvalue weighted by atomic mass is 10.1. The quantitative estimate of drug-likeness (QED) is 0.389. The largest absolute Gasteiger partial charge is 0.540 e. The highest BCUT2D eigenvalue weighted by Gasteiger charge is 2.08. The third-order valence-electron chi connectivity index (χ3n) is 2.21. The van der Waals surface area contributed by atoms with E-state index >= 15 is 0 Å². The van der Waals surface area contributed by atoms with Crippen molar-refractivity contribution in [3.8, 4) is 0 Å². The summed E-state index contributed by atoms with van der Waals surface area (Å²) in [5.74, 6) is 1.69. The van der Waals surface area contributed by atoms with Gasteiger partial charge in [-0.25, -0.2) is 0 Å². The predicted octanol–water partition coefficient (Wildman–Crippen LogP) is 5.03. The van der Waals surface area contributed by atoms with E-state index in [0.29, 0.717) is 6.61 Å². The van der Waals surface area contributed by atoms with E-state index in [-0.39, 0.29) is 0 Å². The Labute approximate surface area is 95.0 Å². The van der Waals surface area contributed by atoms with Crippen LogP contribution in [0.5, 0.6) is 0 Å². The van der Waals surface area contributed by atoms with Crippen molar-refractivity contribution in [2.45, 2.75) is 58.8 Å². The minimum absolute atomic E-state index is 0.524. The van der Waals surface area contributed by atoms with E-state index in [1.54, 1.807) is 5.82 Å². The van der Waals surface area contributed by atoms with Crippen LogP contribution in [0, 0.1) is 0 Å². The van der Waals surface area contributed by atoms with Gasteiger partial charge in [0.2, 0.25) is 0 Å². The van der Waals surface area contributed by atoms with Crippen LogP contribution in [-0.4, -0.2) is 6.61 Å². The Bertz CT molecular complexity index is 178. The first kappa shape index (κ1) is 14.8. The molecule has 0 heterocycles. The van der Waals surface area contributed by atoms with E-state index in [4.69, 9.17) is 4.52 Å². The van der Waals surface area contributed by atoms with Crippen LogP contribution < -0.4 is 0 Å². The molecule has 0 rings (SSSR count). The Hall–Kier alpha value is -0.200. The van der Waals surface area contributed by atoms with E-state index in [1.165, 1.54) is 38.5 Å². The summed E-state index contributed by atoms with van der Waals surface area (Å²) in [6, 6.07) is 0. The van der Waals surface area contributed by atoms with Gasteiger partial charge in [-0.1, -0.05) is 39.0 Å². The van der Waals surface area contributed by atoms with Crippen LogP contribution in [0.25, 0.3) is 0 Å². The normalized spacial score (nSPS) is 12.3. The molecule has 88 valence electrons. The Kier molecular flexibility index (Phi) is 11.7. The van der Waals surface area contributed by atoms with Crippen molar-refractivity contribution in [1.29, 1.82) is 0 Å². The highest BCUT2D eigenvalue weighted by molar-refractivity contribution is 7.42. The SMILES string of the molecule is CCCCCCCC/C=C/[P+](=O)OCC. The van der Waals surface area contributed by atoms with Crippen molar-refractivity contribution in [3.05, 3.63) is 11.9 Å². The molecule has 0 saturated heterocycles. The maximum atomic E-state index is 11.1. The minimum Gasteiger partial charge on any atom is -0.143 e. The average molecular weight is 231 g/mol. The van der Waals surface area contributed by atoms with Crippen molar-refractivity contribution < 1.29 is 9.09 Å². The molecule has 0 aliphatic carbocycles. The summed E-state index contributed by atoms with van der Waals surface area (Å²) in [5.41, 5.74) is 0. The van der Waals surface area contributed by atoms with Gasteiger partial charge in [0.15, 0.2) is 5.82 Å². The molecule has 15 heavy (non-hydrogen) atoms. The molecule has 0 aliphatic heterocycles. The molecule has 2 nitrogen and oxygen atoms in total. The summed E-state index contributed by atoms with van der Waals surface area (Å²) in [6.45, 7) is 4.61. The predicted molar refractivity (Wildman–Crippen MR) is 66.4 cm³/mol. The number of rotatable bonds is 10. The van der Waals surface area contributed by atoms with Gasteiger partial charge in [0, 0.05) is 0 Å². The monoisotopic (exact) mass is 231 g/mol. The third-order valence-corrected chi connectivity index (χ3v) is 3.17. The van der Waals surface area contributed by atoms with E-state index in [0.717, 1.165) is 6.42 Å². The van der Waals surface area contributed by atoms with E-state index < -0.39 is 8.03 Å². The van der Waals surface area contributed by atoms with Crippen molar-refractivity contribution >= 4 is 8.03 Å². The van der Waals surface area contributed by atoms with Crippen molar-refractivity contribution in [2.24, 2.45) is 0 Å². The lowest BCUT2D eigenvalue weighted by molar-refractivity contribution is 0.356. The molecule has 0 radical (unpaired) electrons. The van der Waals surface area contributed by atoms with Gasteiger partial charge in [-0.3, -0.25) is 0 Å². The molecule has 1 unspecified atom stereocenters. The molecule has 0 aromatic carbocycles. The van der Waals surface area contributed by atoms with E-state index in [2.05, 4.69) is 6.92 Å². The van der Waals surface area contributed by atoms with Gasteiger partial charge in [0.1, 0.15) is 6.61 Å². The van der Waals surface area contributed by atoms with Gasteiger partial charge in [-0.15, -0.1) is 4.52 Å². The van der Waals surface area contributed by atoms with Gasteiger partial charge in [0.05, 0.1) is 0 Å². The standard InChI is InChI=1S/C12H24O2P/c1-3-5-6-7-8-9-10-11-12-15(13)14-4-2/h11-12H,3-10H2,1-2H3/q+1/b12-11+. The molecule has 3 heteroatoms. The van der Waals surface area contributed by atoms with E-state index in [1.807, 2.05) is 13.0 Å². The van der Waals surface area contributed by atoms with Gasteiger partial charge in [-0.2, -0.15) is 0 Å². The molecule has 0 aromatic rings. The van der Waals surface area contributed by atoms with Crippen molar-refractivity contribution in [3.63, 3.8) is 0 Å². The van der Waals surface area contributed by atoms with Crippen LogP contribution >= 0.6 is 8.03 Å². The highest BCUT2D eigenvalue weighted by Crippen LogP contribution is 2.23. The molecule has 0 aliphatic rings. The third kappa shape index (κ3) is 11.7. The molecule has 0 fully saturated rings. The summed E-state index contributed by atoms with van der Waals surface area (Å²) in [6.07, 6.45) is 10.8. The van der Waals surface area contributed by atoms with E-state index in [9.17, 15) is 4.57 Å². The van der Waals surface area contributed by atoms with Crippen LogP contribution in [0.1, 0.15) is 58.8 Å². The second kappa shape index (κ2) is 11.9. The first-order valence-electron chi connectivity index (χ1n) is 6.07. The van der Waals surface area contributed by atoms with Gasteiger partial charge in [-0.05, 0) is 30.4 Å². The fourth-order valence-electron chi connectivity index (χ4n) is 1.37. The topological polar surface area (TPSA) is 26.3 Å². The molecule has 0 amide bonds. The van der Waals surface area contributed by atoms with Gasteiger partial charge in [0.25, 0.3) is 0 Å². The lowest BCUT2D eigenvalue weighted by Crippen LogP contribution is -1.77. The first-order chi connectivity index (χ1) is 7.31. The average Bonchev–Trinajstić information content (AvgIpc) is 2.22.